The molecule has 0 aromatic heterocycles. The van der Waals surface area contributed by atoms with Gasteiger partial charge in [-0.2, -0.15) is 10.5 Å². The van der Waals surface area contributed by atoms with Crippen molar-refractivity contribution in [3.63, 3.8) is 0 Å². The van der Waals surface area contributed by atoms with Crippen LogP contribution in [-0.4, -0.2) is 43.0 Å². The molecule has 0 bridgehead atoms. The lowest BCUT2D eigenvalue weighted by molar-refractivity contribution is 0.182. The lowest BCUT2D eigenvalue weighted by atomic mass is 10.5. The zero-order valence-electron chi connectivity index (χ0n) is 7.11. The van der Waals surface area contributed by atoms with E-state index in [1.807, 2.05) is 12.1 Å². The summed E-state index contributed by atoms with van der Waals surface area (Å²) in [5.41, 5.74) is 0. The highest BCUT2D eigenvalue weighted by Gasteiger charge is 2.13. The summed E-state index contributed by atoms with van der Waals surface area (Å²) < 4.78 is 0. The minimum absolute atomic E-state index is 0.0510. The normalized spacial score (nSPS) is 8.00. The van der Waals surface area contributed by atoms with E-state index in [0.29, 0.717) is 0 Å². The van der Waals surface area contributed by atoms with Gasteiger partial charge in [-0.05, 0) is 0 Å². The van der Waals surface area contributed by atoms with Crippen LogP contribution in [-0.2, 0) is 0 Å². The third-order valence-electron chi connectivity index (χ3n) is 1.18. The minimum Gasteiger partial charge on any atom is -0.331 e. The minimum atomic E-state index is -0.321. The summed E-state index contributed by atoms with van der Waals surface area (Å²) in [6.07, 6.45) is 0. The van der Waals surface area contributed by atoms with Crippen molar-refractivity contribution >= 4 is 6.03 Å². The number of nitriles is 2. The van der Waals surface area contributed by atoms with E-state index in [0.717, 1.165) is 0 Å². The fourth-order valence-corrected chi connectivity index (χ4v) is 0.645. The Labute approximate surface area is 71.4 Å². The van der Waals surface area contributed by atoms with Gasteiger partial charge in [-0.3, -0.25) is 4.90 Å². The number of hydrogen-bond acceptors (Lipinski definition) is 3. The number of hydrogen-bond donors (Lipinski definition) is 0. The summed E-state index contributed by atoms with van der Waals surface area (Å²) in [6.45, 7) is -0.102. The molecule has 0 unspecified atom stereocenters. The zero-order valence-corrected chi connectivity index (χ0v) is 7.11. The van der Waals surface area contributed by atoms with Crippen LogP contribution in [0.4, 0.5) is 4.79 Å². The predicted octanol–water partition coefficient (Wildman–Crippen LogP) is 0.0172. The Kier molecular flexibility index (Phi) is 4.25. The van der Waals surface area contributed by atoms with Crippen molar-refractivity contribution < 1.29 is 4.79 Å². The van der Waals surface area contributed by atoms with E-state index < -0.39 is 0 Å². The summed E-state index contributed by atoms with van der Waals surface area (Å²) in [5, 5.41) is 16.6. The molecule has 0 fully saturated rings. The highest BCUT2D eigenvalue weighted by molar-refractivity contribution is 5.74. The fourth-order valence-electron chi connectivity index (χ4n) is 0.645. The molecule has 0 spiro atoms. The number of nitrogens with zero attached hydrogens (tertiary/aromatic N) is 4. The Hall–Kier alpha value is -1.75. The molecule has 0 aliphatic heterocycles. The maximum absolute atomic E-state index is 11.2. The van der Waals surface area contributed by atoms with Crippen molar-refractivity contribution in [2.75, 3.05) is 27.2 Å². The molecule has 0 aromatic carbocycles. The lowest BCUT2D eigenvalue weighted by Gasteiger charge is -2.20. The van der Waals surface area contributed by atoms with Crippen LogP contribution >= 0.6 is 0 Å². The second-order valence-electron chi connectivity index (χ2n) is 2.35. The molecule has 5 heteroatoms. The lowest BCUT2D eigenvalue weighted by Crippen LogP contribution is -2.39. The monoisotopic (exact) mass is 166 g/mol. The van der Waals surface area contributed by atoms with Crippen molar-refractivity contribution in [1.82, 2.24) is 9.80 Å². The van der Waals surface area contributed by atoms with Gasteiger partial charge in [0.05, 0.1) is 12.1 Å². The summed E-state index contributed by atoms with van der Waals surface area (Å²) in [5.74, 6) is 0. The number of rotatable bonds is 2. The molecule has 0 saturated heterocycles. The number of carbonyl (C=O) groups excluding carboxylic acids is 1. The quantitative estimate of drug-likeness (QED) is 0.543. The van der Waals surface area contributed by atoms with Gasteiger partial charge in [-0.1, -0.05) is 0 Å². The molecule has 0 atom stereocenters. The van der Waals surface area contributed by atoms with E-state index in [1.54, 1.807) is 14.1 Å². The summed E-state index contributed by atoms with van der Waals surface area (Å²) in [6, 6.07) is 3.31. The molecule has 0 aromatic rings. The molecule has 2 amide bonds. The van der Waals surface area contributed by atoms with Crippen LogP contribution in [0.5, 0.6) is 0 Å². The summed E-state index contributed by atoms with van der Waals surface area (Å²) >= 11 is 0. The van der Waals surface area contributed by atoms with Gasteiger partial charge in [0.2, 0.25) is 0 Å². The first-order valence-electron chi connectivity index (χ1n) is 3.33. The van der Waals surface area contributed by atoms with Gasteiger partial charge in [-0.15, -0.1) is 0 Å². The molecule has 0 aliphatic carbocycles. The molecule has 0 heterocycles. The van der Waals surface area contributed by atoms with Gasteiger partial charge >= 0.3 is 6.03 Å². The van der Waals surface area contributed by atoms with E-state index in [2.05, 4.69) is 0 Å². The van der Waals surface area contributed by atoms with Crippen LogP contribution in [0.3, 0.4) is 0 Å². The first-order valence-corrected chi connectivity index (χ1v) is 3.33. The molecule has 0 saturated carbocycles. The van der Waals surface area contributed by atoms with Crippen molar-refractivity contribution in [2.45, 2.75) is 0 Å². The van der Waals surface area contributed by atoms with Crippen LogP contribution in [0, 0.1) is 22.7 Å². The molecule has 0 radical (unpaired) electrons. The second kappa shape index (κ2) is 4.97. The molecule has 5 nitrogen and oxygen atoms in total. The van der Waals surface area contributed by atoms with E-state index in [4.69, 9.17) is 10.5 Å². The molecular formula is C7H10N4O. The second-order valence-corrected chi connectivity index (χ2v) is 2.35. The fraction of sp³-hybridized carbons (Fsp3) is 0.571. The number of carbonyl (C=O) groups is 1. The third kappa shape index (κ3) is 2.89. The number of amides is 2. The highest BCUT2D eigenvalue weighted by Crippen LogP contribution is 1.92. The van der Waals surface area contributed by atoms with Gasteiger partial charge < -0.3 is 4.90 Å². The van der Waals surface area contributed by atoms with E-state index in [9.17, 15) is 4.79 Å². The van der Waals surface area contributed by atoms with Crippen LogP contribution in [0.1, 0.15) is 0 Å². The molecule has 12 heavy (non-hydrogen) atoms. The van der Waals surface area contributed by atoms with Crippen molar-refractivity contribution in [3.8, 4) is 12.1 Å². The van der Waals surface area contributed by atoms with Crippen LogP contribution in [0.25, 0.3) is 0 Å². The van der Waals surface area contributed by atoms with Crippen molar-refractivity contribution in [2.24, 2.45) is 0 Å². The van der Waals surface area contributed by atoms with E-state index in [1.165, 1.54) is 9.80 Å². The Balaban J connectivity index is 4.23. The standard InChI is InChI=1S/C7H10N4O/c1-10(2)7(12)11(5-3-8)6-4-9/h5-6H2,1-2H3. The Morgan fingerprint density at radius 3 is 1.92 bits per heavy atom. The smallest absolute Gasteiger partial charge is 0.321 e. The molecular weight excluding hydrogens is 156 g/mol. The van der Waals surface area contributed by atoms with Gasteiger partial charge in [0.1, 0.15) is 13.1 Å². The molecule has 0 aliphatic rings. The van der Waals surface area contributed by atoms with Crippen LogP contribution < -0.4 is 0 Å². The zero-order chi connectivity index (χ0) is 9.56. The maximum atomic E-state index is 11.2. The topological polar surface area (TPSA) is 71.1 Å². The average molecular weight is 166 g/mol. The van der Waals surface area contributed by atoms with Crippen LogP contribution in [0.2, 0.25) is 0 Å². The molecule has 64 valence electrons. The van der Waals surface area contributed by atoms with Gasteiger partial charge in [0, 0.05) is 14.1 Å². The van der Waals surface area contributed by atoms with E-state index >= 15 is 0 Å². The SMILES string of the molecule is CN(C)C(=O)N(CC#N)CC#N. The average Bonchev–Trinajstić information content (AvgIpc) is 2.03. The molecule has 0 N–H and O–H groups in total. The third-order valence-corrected chi connectivity index (χ3v) is 1.18. The van der Waals surface area contributed by atoms with Gasteiger partial charge in [-0.25, -0.2) is 4.79 Å². The van der Waals surface area contributed by atoms with Crippen molar-refractivity contribution in [3.05, 3.63) is 0 Å². The largest absolute Gasteiger partial charge is 0.331 e. The maximum Gasteiger partial charge on any atom is 0.321 e. The Morgan fingerprint density at radius 2 is 1.67 bits per heavy atom. The molecule has 0 rings (SSSR count). The van der Waals surface area contributed by atoms with Gasteiger partial charge in [0.15, 0.2) is 0 Å². The predicted molar refractivity (Wildman–Crippen MR) is 41.9 cm³/mol. The van der Waals surface area contributed by atoms with E-state index in [-0.39, 0.29) is 19.1 Å². The number of urea groups is 1. The first kappa shape index (κ1) is 10.2. The van der Waals surface area contributed by atoms with Gasteiger partial charge in [0.25, 0.3) is 0 Å². The Morgan fingerprint density at radius 1 is 1.25 bits per heavy atom. The first-order chi connectivity index (χ1) is 5.63. The summed E-state index contributed by atoms with van der Waals surface area (Å²) in [7, 11) is 3.15. The van der Waals surface area contributed by atoms with Crippen LogP contribution in [0.15, 0.2) is 0 Å². The summed E-state index contributed by atoms with van der Waals surface area (Å²) in [4.78, 5) is 13.7. The Bertz CT molecular complexity index is 219. The van der Waals surface area contributed by atoms with Crippen molar-refractivity contribution in [1.29, 1.82) is 10.5 Å². The highest BCUT2D eigenvalue weighted by atomic mass is 16.2.